The fraction of sp³-hybridized carbons (Fsp3) is 0.368. The molecule has 6 nitrogen and oxygen atoms in total. The Bertz CT molecular complexity index is 973. The van der Waals surface area contributed by atoms with Gasteiger partial charge in [-0.05, 0) is 55.5 Å². The molecule has 134 valence electrons. The van der Waals surface area contributed by atoms with Crippen molar-refractivity contribution in [2.24, 2.45) is 10.2 Å². The highest BCUT2D eigenvalue weighted by atomic mass is 19.1. The van der Waals surface area contributed by atoms with Gasteiger partial charge in [0.05, 0.1) is 23.9 Å². The van der Waals surface area contributed by atoms with E-state index < -0.39 is 5.67 Å². The van der Waals surface area contributed by atoms with E-state index in [9.17, 15) is 4.39 Å². The van der Waals surface area contributed by atoms with Crippen LogP contribution in [-0.4, -0.2) is 33.9 Å². The molecule has 0 amide bonds. The number of hydrogen-bond acceptors (Lipinski definition) is 5. The van der Waals surface area contributed by atoms with Crippen LogP contribution in [0.15, 0.2) is 46.9 Å². The van der Waals surface area contributed by atoms with Gasteiger partial charge >= 0.3 is 0 Å². The third kappa shape index (κ3) is 3.05. The van der Waals surface area contributed by atoms with Gasteiger partial charge in [0.2, 0.25) is 5.95 Å². The van der Waals surface area contributed by atoms with Crippen molar-refractivity contribution in [3.8, 4) is 11.1 Å². The van der Waals surface area contributed by atoms with Gasteiger partial charge in [-0.2, -0.15) is 10.2 Å². The normalized spacial score (nSPS) is 16.1. The molecule has 1 saturated carbocycles. The highest BCUT2D eigenvalue weighted by Gasteiger charge is 2.36. The second-order valence-corrected chi connectivity index (χ2v) is 6.80. The van der Waals surface area contributed by atoms with Gasteiger partial charge in [-0.1, -0.05) is 6.07 Å². The van der Waals surface area contributed by atoms with Crippen LogP contribution in [0.5, 0.6) is 0 Å². The number of nitrogens with one attached hydrogen (secondary N) is 1. The van der Waals surface area contributed by atoms with Crippen LogP contribution in [0.1, 0.15) is 24.8 Å². The first-order valence-corrected chi connectivity index (χ1v) is 8.76. The van der Waals surface area contributed by atoms with E-state index >= 15 is 0 Å². The Balaban J connectivity index is 1.60. The van der Waals surface area contributed by atoms with Gasteiger partial charge in [0, 0.05) is 18.8 Å². The Morgan fingerprint density at radius 1 is 1.31 bits per heavy atom. The third-order valence-corrected chi connectivity index (χ3v) is 4.95. The average Bonchev–Trinajstić information content (AvgIpc) is 3.03. The first-order chi connectivity index (χ1) is 12.6. The molecule has 0 atom stereocenters. The molecule has 1 fully saturated rings. The third-order valence-electron chi connectivity index (χ3n) is 4.95. The number of fused-ring (bicyclic) bond motifs is 1. The summed E-state index contributed by atoms with van der Waals surface area (Å²) < 4.78 is 15.9. The van der Waals surface area contributed by atoms with Crippen LogP contribution >= 0.6 is 0 Å². The van der Waals surface area contributed by atoms with Gasteiger partial charge < -0.3 is 5.32 Å². The number of aryl methyl sites for hydroxylation is 1. The van der Waals surface area contributed by atoms with Crippen LogP contribution in [-0.2, 0) is 0 Å². The van der Waals surface area contributed by atoms with Crippen molar-refractivity contribution >= 4 is 17.2 Å². The minimum Gasteiger partial charge on any atom is -0.350 e. The SMILES string of the molecule is CN=Nc1ccc(-c2ccn3nc(NCC4(F)CCC4)ncc23)cc1C. The van der Waals surface area contributed by atoms with E-state index in [1.807, 2.05) is 31.3 Å². The summed E-state index contributed by atoms with van der Waals surface area (Å²) in [6, 6.07) is 8.06. The molecule has 0 unspecified atom stereocenters. The maximum atomic E-state index is 14.1. The van der Waals surface area contributed by atoms with E-state index in [1.165, 1.54) is 0 Å². The van der Waals surface area contributed by atoms with Crippen molar-refractivity contribution in [3.05, 3.63) is 42.2 Å². The van der Waals surface area contributed by atoms with Gasteiger partial charge in [0.15, 0.2) is 0 Å². The Hall–Kier alpha value is -2.83. The molecule has 3 aromatic rings. The molecule has 0 saturated heterocycles. The Morgan fingerprint density at radius 3 is 2.85 bits per heavy atom. The number of rotatable bonds is 5. The second kappa shape index (κ2) is 6.48. The summed E-state index contributed by atoms with van der Waals surface area (Å²) >= 11 is 0. The first-order valence-electron chi connectivity index (χ1n) is 8.76. The number of hydrogen-bond donors (Lipinski definition) is 1. The number of alkyl halides is 1. The van der Waals surface area contributed by atoms with E-state index in [0.29, 0.717) is 18.8 Å². The number of azo groups is 1. The maximum absolute atomic E-state index is 14.1. The van der Waals surface area contributed by atoms with Crippen LogP contribution in [0, 0.1) is 6.92 Å². The molecule has 26 heavy (non-hydrogen) atoms. The molecule has 0 radical (unpaired) electrons. The van der Waals surface area contributed by atoms with Crippen molar-refractivity contribution in [2.75, 3.05) is 18.9 Å². The van der Waals surface area contributed by atoms with E-state index in [-0.39, 0.29) is 6.54 Å². The lowest BCUT2D eigenvalue weighted by Gasteiger charge is -2.33. The summed E-state index contributed by atoms with van der Waals surface area (Å²) in [5, 5.41) is 15.4. The van der Waals surface area contributed by atoms with Gasteiger partial charge in [-0.3, -0.25) is 0 Å². The topological polar surface area (TPSA) is 66.9 Å². The van der Waals surface area contributed by atoms with Crippen molar-refractivity contribution in [1.29, 1.82) is 0 Å². The Kier molecular flexibility index (Phi) is 4.14. The summed E-state index contributed by atoms with van der Waals surface area (Å²) in [6.45, 7) is 2.27. The number of aromatic nitrogens is 3. The van der Waals surface area contributed by atoms with Crippen LogP contribution in [0.25, 0.3) is 16.6 Å². The van der Waals surface area contributed by atoms with Crippen LogP contribution in [0.2, 0.25) is 0 Å². The summed E-state index contributed by atoms with van der Waals surface area (Å²) in [4.78, 5) is 4.35. The zero-order valence-corrected chi connectivity index (χ0v) is 14.9. The zero-order valence-electron chi connectivity index (χ0n) is 14.9. The summed E-state index contributed by atoms with van der Waals surface area (Å²) in [5.74, 6) is 0.443. The largest absolute Gasteiger partial charge is 0.350 e. The predicted molar refractivity (Wildman–Crippen MR) is 99.8 cm³/mol. The van der Waals surface area contributed by atoms with Crippen LogP contribution < -0.4 is 5.32 Å². The van der Waals surface area contributed by atoms with Crippen LogP contribution in [0.3, 0.4) is 0 Å². The molecule has 1 aliphatic rings. The average molecular weight is 352 g/mol. The van der Waals surface area contributed by atoms with Gasteiger partial charge in [0.25, 0.3) is 0 Å². The summed E-state index contributed by atoms with van der Waals surface area (Å²) in [5.41, 5.74) is 3.83. The molecule has 1 aliphatic carbocycles. The summed E-state index contributed by atoms with van der Waals surface area (Å²) in [7, 11) is 1.66. The lowest BCUT2D eigenvalue weighted by atomic mass is 9.82. The zero-order chi connectivity index (χ0) is 18.1. The van der Waals surface area contributed by atoms with Crippen molar-refractivity contribution in [1.82, 2.24) is 14.6 Å². The number of nitrogens with zero attached hydrogens (tertiary/aromatic N) is 5. The van der Waals surface area contributed by atoms with Gasteiger partial charge in [-0.15, -0.1) is 5.10 Å². The monoisotopic (exact) mass is 352 g/mol. The Labute approximate surface area is 151 Å². The van der Waals surface area contributed by atoms with E-state index in [4.69, 9.17) is 0 Å². The molecule has 1 aromatic carbocycles. The quantitative estimate of drug-likeness (QED) is 0.676. The van der Waals surface area contributed by atoms with Crippen LogP contribution in [0.4, 0.5) is 16.0 Å². The molecule has 2 heterocycles. The van der Waals surface area contributed by atoms with E-state index in [2.05, 4.69) is 31.7 Å². The number of benzene rings is 1. The number of halogens is 1. The molecule has 7 heteroatoms. The Morgan fingerprint density at radius 2 is 2.15 bits per heavy atom. The molecule has 2 aromatic heterocycles. The van der Waals surface area contributed by atoms with E-state index in [1.54, 1.807) is 17.8 Å². The number of anilines is 1. The molecule has 0 aliphatic heterocycles. The molecule has 4 rings (SSSR count). The first kappa shape index (κ1) is 16.6. The fourth-order valence-electron chi connectivity index (χ4n) is 3.24. The van der Waals surface area contributed by atoms with E-state index in [0.717, 1.165) is 34.3 Å². The van der Waals surface area contributed by atoms with Crippen molar-refractivity contribution in [2.45, 2.75) is 31.9 Å². The minimum absolute atomic E-state index is 0.263. The lowest BCUT2D eigenvalue weighted by molar-refractivity contribution is 0.0782. The standard InChI is InChI=1S/C19H21FN6/c1-13-10-14(4-5-16(13)24-21-2)15-6-9-26-17(15)11-22-18(25-26)23-12-19(20)7-3-8-19/h4-6,9-11H,3,7-8,12H2,1-2H3,(H,23,25). The molecular formula is C19H21FN6. The van der Waals surface area contributed by atoms with Crippen molar-refractivity contribution < 1.29 is 4.39 Å². The molecular weight excluding hydrogens is 331 g/mol. The van der Waals surface area contributed by atoms with Crippen molar-refractivity contribution in [3.63, 3.8) is 0 Å². The molecule has 1 N–H and O–H groups in total. The molecule has 0 bridgehead atoms. The predicted octanol–water partition coefficient (Wildman–Crippen LogP) is 4.72. The highest BCUT2D eigenvalue weighted by molar-refractivity contribution is 5.81. The fourth-order valence-corrected chi connectivity index (χ4v) is 3.24. The highest BCUT2D eigenvalue weighted by Crippen LogP contribution is 2.35. The lowest BCUT2D eigenvalue weighted by Crippen LogP contribution is -2.39. The maximum Gasteiger partial charge on any atom is 0.241 e. The van der Waals surface area contributed by atoms with Gasteiger partial charge in [-0.25, -0.2) is 13.9 Å². The summed E-state index contributed by atoms with van der Waals surface area (Å²) in [6.07, 6.45) is 5.84. The van der Waals surface area contributed by atoms with Gasteiger partial charge in [0.1, 0.15) is 5.67 Å². The smallest absolute Gasteiger partial charge is 0.241 e. The minimum atomic E-state index is -1.10. The molecule has 0 spiro atoms. The second-order valence-electron chi connectivity index (χ2n) is 6.80.